The Bertz CT molecular complexity index is 484. The summed E-state index contributed by atoms with van der Waals surface area (Å²) in [7, 11) is 0. The second-order valence-corrected chi connectivity index (χ2v) is 3.29. The molecule has 2 heterocycles. The van der Waals surface area contributed by atoms with Crippen LogP contribution >= 0.6 is 0 Å². The first-order valence-electron chi connectivity index (χ1n) is 4.55. The standard InChI is InChI=1S/C10H11N3O2/c1-6-5-9(13-15-6)12-10(14)8-3-4-11-7(8)2/h3-5,11H,1-2H3,(H,12,13,14). The number of nitrogens with zero attached hydrogens (tertiary/aromatic N) is 1. The van der Waals surface area contributed by atoms with Crippen LogP contribution in [0.2, 0.25) is 0 Å². The molecule has 0 atom stereocenters. The Labute approximate surface area is 86.5 Å². The molecule has 1 amide bonds. The second-order valence-electron chi connectivity index (χ2n) is 3.29. The summed E-state index contributed by atoms with van der Waals surface area (Å²) >= 11 is 0. The van der Waals surface area contributed by atoms with Crippen LogP contribution in [0, 0.1) is 13.8 Å². The molecule has 0 fully saturated rings. The van der Waals surface area contributed by atoms with Gasteiger partial charge in [-0.05, 0) is 19.9 Å². The van der Waals surface area contributed by atoms with Gasteiger partial charge in [0.15, 0.2) is 5.82 Å². The summed E-state index contributed by atoms with van der Waals surface area (Å²) in [5.41, 5.74) is 1.43. The van der Waals surface area contributed by atoms with Gasteiger partial charge in [-0.3, -0.25) is 4.79 Å². The number of nitrogens with one attached hydrogen (secondary N) is 2. The van der Waals surface area contributed by atoms with Crippen molar-refractivity contribution in [1.29, 1.82) is 0 Å². The molecule has 0 aromatic carbocycles. The molecule has 0 aliphatic carbocycles. The van der Waals surface area contributed by atoms with Gasteiger partial charge in [-0.15, -0.1) is 0 Å². The van der Waals surface area contributed by atoms with E-state index in [1.165, 1.54) is 0 Å². The fourth-order valence-corrected chi connectivity index (χ4v) is 1.31. The van der Waals surface area contributed by atoms with Gasteiger partial charge in [0.25, 0.3) is 5.91 Å². The molecule has 0 radical (unpaired) electrons. The topological polar surface area (TPSA) is 70.9 Å². The first kappa shape index (κ1) is 9.51. The van der Waals surface area contributed by atoms with E-state index in [4.69, 9.17) is 4.52 Å². The van der Waals surface area contributed by atoms with E-state index in [-0.39, 0.29) is 5.91 Å². The lowest BCUT2D eigenvalue weighted by molar-refractivity contribution is 0.102. The fraction of sp³-hybridized carbons (Fsp3) is 0.200. The molecule has 0 aliphatic rings. The highest BCUT2D eigenvalue weighted by atomic mass is 16.5. The van der Waals surface area contributed by atoms with E-state index >= 15 is 0 Å². The van der Waals surface area contributed by atoms with Crippen molar-refractivity contribution in [2.45, 2.75) is 13.8 Å². The maximum Gasteiger partial charge on any atom is 0.258 e. The number of aryl methyl sites for hydroxylation is 2. The average molecular weight is 205 g/mol. The Kier molecular flexibility index (Phi) is 2.29. The average Bonchev–Trinajstić information content (AvgIpc) is 2.75. The van der Waals surface area contributed by atoms with Crippen molar-refractivity contribution in [2.24, 2.45) is 0 Å². The van der Waals surface area contributed by atoms with E-state index in [1.54, 1.807) is 25.3 Å². The number of carbonyl (C=O) groups is 1. The molecule has 5 nitrogen and oxygen atoms in total. The number of aromatic amines is 1. The van der Waals surface area contributed by atoms with E-state index in [9.17, 15) is 4.79 Å². The highest BCUT2D eigenvalue weighted by molar-refractivity contribution is 6.04. The third-order valence-electron chi connectivity index (χ3n) is 2.07. The molecule has 78 valence electrons. The van der Waals surface area contributed by atoms with Gasteiger partial charge in [0.2, 0.25) is 0 Å². The highest BCUT2D eigenvalue weighted by Crippen LogP contribution is 2.11. The third-order valence-corrected chi connectivity index (χ3v) is 2.07. The molecule has 0 saturated carbocycles. The zero-order chi connectivity index (χ0) is 10.8. The van der Waals surface area contributed by atoms with Gasteiger partial charge >= 0.3 is 0 Å². The van der Waals surface area contributed by atoms with E-state index in [0.717, 1.165) is 5.69 Å². The molecule has 0 bridgehead atoms. The number of carbonyl (C=O) groups excluding carboxylic acids is 1. The Hall–Kier alpha value is -2.04. The second kappa shape index (κ2) is 3.61. The van der Waals surface area contributed by atoms with Crippen molar-refractivity contribution in [3.8, 4) is 0 Å². The Balaban J connectivity index is 2.14. The molecule has 2 aromatic heterocycles. The maximum atomic E-state index is 11.7. The molecule has 2 aromatic rings. The SMILES string of the molecule is Cc1cc(NC(=O)c2cc[nH]c2C)no1. The molecular formula is C10H11N3O2. The molecule has 5 heteroatoms. The molecular weight excluding hydrogens is 194 g/mol. The lowest BCUT2D eigenvalue weighted by Gasteiger charge is -1.99. The van der Waals surface area contributed by atoms with Crippen molar-refractivity contribution < 1.29 is 9.32 Å². The molecule has 15 heavy (non-hydrogen) atoms. The largest absolute Gasteiger partial charge is 0.365 e. The zero-order valence-corrected chi connectivity index (χ0v) is 8.50. The van der Waals surface area contributed by atoms with Crippen LogP contribution < -0.4 is 5.32 Å². The van der Waals surface area contributed by atoms with E-state index < -0.39 is 0 Å². The van der Waals surface area contributed by atoms with Crippen LogP contribution in [0.1, 0.15) is 21.8 Å². The van der Waals surface area contributed by atoms with Crippen LogP contribution in [0.15, 0.2) is 22.9 Å². The summed E-state index contributed by atoms with van der Waals surface area (Å²) in [5, 5.41) is 6.32. The van der Waals surface area contributed by atoms with Gasteiger partial charge in [0.1, 0.15) is 5.76 Å². The van der Waals surface area contributed by atoms with Gasteiger partial charge in [-0.25, -0.2) is 0 Å². The molecule has 2 rings (SSSR count). The third kappa shape index (κ3) is 1.90. The minimum Gasteiger partial charge on any atom is -0.365 e. The van der Waals surface area contributed by atoms with Crippen LogP contribution in [-0.4, -0.2) is 16.0 Å². The van der Waals surface area contributed by atoms with Crippen molar-refractivity contribution in [1.82, 2.24) is 10.1 Å². The predicted octanol–water partition coefficient (Wildman–Crippen LogP) is 1.87. The summed E-state index contributed by atoms with van der Waals surface area (Å²) in [6.07, 6.45) is 1.72. The van der Waals surface area contributed by atoms with Crippen LogP contribution in [0.4, 0.5) is 5.82 Å². The first-order chi connectivity index (χ1) is 7.16. The monoisotopic (exact) mass is 205 g/mol. The molecule has 0 saturated heterocycles. The predicted molar refractivity (Wildman–Crippen MR) is 54.7 cm³/mol. The van der Waals surface area contributed by atoms with Crippen LogP contribution in [-0.2, 0) is 0 Å². The first-order valence-corrected chi connectivity index (χ1v) is 4.55. The smallest absolute Gasteiger partial charge is 0.258 e. The summed E-state index contributed by atoms with van der Waals surface area (Å²) in [6, 6.07) is 3.39. The van der Waals surface area contributed by atoms with Crippen LogP contribution in [0.25, 0.3) is 0 Å². The molecule has 0 unspecified atom stereocenters. The van der Waals surface area contributed by atoms with Crippen molar-refractivity contribution >= 4 is 11.7 Å². The quantitative estimate of drug-likeness (QED) is 0.786. The van der Waals surface area contributed by atoms with E-state index in [2.05, 4.69) is 15.5 Å². The summed E-state index contributed by atoms with van der Waals surface area (Å²) in [5.74, 6) is 0.899. The Morgan fingerprint density at radius 1 is 1.53 bits per heavy atom. The summed E-state index contributed by atoms with van der Waals surface area (Å²) < 4.78 is 4.84. The molecule has 0 aliphatic heterocycles. The number of hydrogen-bond donors (Lipinski definition) is 2. The van der Waals surface area contributed by atoms with Gasteiger partial charge in [-0.1, -0.05) is 5.16 Å². The minimum atomic E-state index is -0.193. The van der Waals surface area contributed by atoms with E-state index in [0.29, 0.717) is 17.1 Å². The number of anilines is 1. The summed E-state index contributed by atoms with van der Waals surface area (Å²) in [6.45, 7) is 3.60. The maximum absolute atomic E-state index is 11.7. The highest BCUT2D eigenvalue weighted by Gasteiger charge is 2.11. The minimum absolute atomic E-state index is 0.193. The Morgan fingerprint density at radius 2 is 2.33 bits per heavy atom. The van der Waals surface area contributed by atoms with Crippen LogP contribution in [0.5, 0.6) is 0 Å². The molecule has 2 N–H and O–H groups in total. The van der Waals surface area contributed by atoms with Gasteiger partial charge < -0.3 is 14.8 Å². The van der Waals surface area contributed by atoms with Crippen LogP contribution in [0.3, 0.4) is 0 Å². The zero-order valence-electron chi connectivity index (χ0n) is 8.50. The Morgan fingerprint density at radius 3 is 2.87 bits per heavy atom. The molecule has 0 spiro atoms. The van der Waals surface area contributed by atoms with Gasteiger partial charge in [-0.2, -0.15) is 0 Å². The number of hydrogen-bond acceptors (Lipinski definition) is 3. The van der Waals surface area contributed by atoms with Gasteiger partial charge in [0, 0.05) is 18.0 Å². The normalized spacial score (nSPS) is 10.3. The summed E-state index contributed by atoms with van der Waals surface area (Å²) in [4.78, 5) is 14.6. The van der Waals surface area contributed by atoms with Crippen molar-refractivity contribution in [3.05, 3.63) is 35.3 Å². The lowest BCUT2D eigenvalue weighted by atomic mass is 10.2. The number of aromatic nitrogens is 2. The van der Waals surface area contributed by atoms with Crippen molar-refractivity contribution in [3.63, 3.8) is 0 Å². The number of amides is 1. The fourth-order valence-electron chi connectivity index (χ4n) is 1.31. The number of H-pyrrole nitrogens is 1. The van der Waals surface area contributed by atoms with E-state index in [1.807, 2.05) is 6.92 Å². The van der Waals surface area contributed by atoms with Gasteiger partial charge in [0.05, 0.1) is 5.56 Å². The number of rotatable bonds is 2. The lowest BCUT2D eigenvalue weighted by Crippen LogP contribution is -2.12. The van der Waals surface area contributed by atoms with Crippen molar-refractivity contribution in [2.75, 3.05) is 5.32 Å².